The molecule has 2 heteroatoms. The first kappa shape index (κ1) is 19.1. The third-order valence-electron chi connectivity index (χ3n) is 7.95. The molecule has 2 nitrogen and oxygen atoms in total. The van der Waals surface area contributed by atoms with E-state index in [2.05, 4.69) is 83.8 Å². The number of nitrogens with zero attached hydrogens (tertiary/aromatic N) is 1. The van der Waals surface area contributed by atoms with E-state index in [1.807, 2.05) is 0 Å². The molecule has 4 heterocycles. The van der Waals surface area contributed by atoms with Crippen LogP contribution in [0.25, 0.3) is 0 Å². The smallest absolute Gasteiger partial charge is 0.125 e. The zero-order valence-corrected chi connectivity index (χ0v) is 18.1. The molecule has 7 rings (SSSR count). The van der Waals surface area contributed by atoms with E-state index in [4.69, 9.17) is 4.74 Å². The van der Waals surface area contributed by atoms with Crippen molar-refractivity contribution in [2.75, 3.05) is 19.7 Å². The lowest BCUT2D eigenvalue weighted by atomic mass is 9.65. The normalized spacial score (nSPS) is 26.6. The standard InChI is InChI=1S/C29H31NO/c1-3-8-22(9-4-1)27(23-10-5-2-6-11-23)28-26(21-14-17-30(28)18-15-21)20-25-13-7-12-24-16-19-31-29(24)25/h1-13,21,26-28H,14-20H2/t26-,28+/m1/s1. The maximum atomic E-state index is 6.10. The minimum absolute atomic E-state index is 0.410. The highest BCUT2D eigenvalue weighted by Gasteiger charge is 2.46. The SMILES string of the molecule is c1ccc(C(c2ccccc2)[C@@H]2[C@H](Cc3cccc4c3OCC4)C3CCN2CC3)cc1. The van der Waals surface area contributed by atoms with Gasteiger partial charge in [0, 0.05) is 18.4 Å². The summed E-state index contributed by atoms with van der Waals surface area (Å²) in [7, 11) is 0. The lowest BCUT2D eigenvalue weighted by Gasteiger charge is -2.54. The Morgan fingerprint density at radius 1 is 0.806 bits per heavy atom. The molecule has 4 aliphatic heterocycles. The zero-order valence-electron chi connectivity index (χ0n) is 18.1. The first-order valence-electron chi connectivity index (χ1n) is 12.0. The van der Waals surface area contributed by atoms with Gasteiger partial charge in [0.1, 0.15) is 5.75 Å². The number of hydrogen-bond acceptors (Lipinski definition) is 2. The van der Waals surface area contributed by atoms with Crippen LogP contribution in [0.15, 0.2) is 78.9 Å². The van der Waals surface area contributed by atoms with Gasteiger partial charge in [-0.2, -0.15) is 0 Å². The summed E-state index contributed by atoms with van der Waals surface area (Å²) in [5, 5.41) is 0. The fourth-order valence-electron chi connectivity index (χ4n) is 6.55. The van der Waals surface area contributed by atoms with Gasteiger partial charge in [-0.1, -0.05) is 78.9 Å². The third-order valence-corrected chi connectivity index (χ3v) is 7.95. The van der Waals surface area contributed by atoms with Crippen molar-refractivity contribution >= 4 is 0 Å². The predicted molar refractivity (Wildman–Crippen MR) is 126 cm³/mol. The number of rotatable bonds is 5. The maximum absolute atomic E-state index is 6.10. The van der Waals surface area contributed by atoms with Gasteiger partial charge < -0.3 is 4.74 Å². The molecule has 0 saturated carbocycles. The van der Waals surface area contributed by atoms with Crippen molar-refractivity contribution in [3.8, 4) is 5.75 Å². The van der Waals surface area contributed by atoms with Crippen molar-refractivity contribution in [1.82, 2.24) is 4.90 Å². The molecule has 0 spiro atoms. The van der Waals surface area contributed by atoms with E-state index in [-0.39, 0.29) is 0 Å². The van der Waals surface area contributed by atoms with Crippen LogP contribution in [0.5, 0.6) is 5.75 Å². The molecule has 3 fully saturated rings. The van der Waals surface area contributed by atoms with Crippen LogP contribution in [0.4, 0.5) is 0 Å². The van der Waals surface area contributed by atoms with Crippen molar-refractivity contribution in [1.29, 1.82) is 0 Å². The number of benzene rings is 3. The highest BCUT2D eigenvalue weighted by molar-refractivity contribution is 5.45. The van der Waals surface area contributed by atoms with Gasteiger partial charge in [0.15, 0.2) is 0 Å². The van der Waals surface area contributed by atoms with Gasteiger partial charge >= 0.3 is 0 Å². The first-order valence-corrected chi connectivity index (χ1v) is 12.0. The fourth-order valence-corrected chi connectivity index (χ4v) is 6.55. The molecule has 0 radical (unpaired) electrons. The third kappa shape index (κ3) is 3.47. The van der Waals surface area contributed by atoms with Crippen LogP contribution in [0.3, 0.4) is 0 Å². The topological polar surface area (TPSA) is 12.5 Å². The summed E-state index contributed by atoms with van der Waals surface area (Å²) in [6.45, 7) is 3.32. The summed E-state index contributed by atoms with van der Waals surface area (Å²) in [5.41, 5.74) is 5.73. The quantitative estimate of drug-likeness (QED) is 0.535. The highest BCUT2D eigenvalue weighted by atomic mass is 16.5. The second-order valence-corrected chi connectivity index (χ2v) is 9.53. The Labute approximate surface area is 185 Å². The number of fused-ring (bicyclic) bond motifs is 4. The van der Waals surface area contributed by atoms with Crippen LogP contribution in [0.2, 0.25) is 0 Å². The minimum atomic E-state index is 0.410. The molecule has 4 aliphatic rings. The van der Waals surface area contributed by atoms with E-state index >= 15 is 0 Å². The van der Waals surface area contributed by atoms with Gasteiger partial charge in [-0.15, -0.1) is 0 Å². The van der Waals surface area contributed by atoms with Crippen LogP contribution >= 0.6 is 0 Å². The molecule has 158 valence electrons. The van der Waals surface area contributed by atoms with Gasteiger partial charge in [-0.05, 0) is 66.4 Å². The van der Waals surface area contributed by atoms with Crippen molar-refractivity contribution in [2.24, 2.45) is 11.8 Å². The lowest BCUT2D eigenvalue weighted by molar-refractivity contribution is -0.0176. The van der Waals surface area contributed by atoms with E-state index in [9.17, 15) is 0 Å². The lowest BCUT2D eigenvalue weighted by Crippen LogP contribution is -2.57. The molecule has 3 aromatic rings. The monoisotopic (exact) mass is 409 g/mol. The van der Waals surface area contributed by atoms with E-state index in [1.54, 1.807) is 0 Å². The molecule has 0 unspecified atom stereocenters. The van der Waals surface area contributed by atoms with E-state index in [1.165, 1.54) is 53.9 Å². The molecule has 0 amide bonds. The average Bonchev–Trinajstić information content (AvgIpc) is 3.33. The Bertz CT molecular complexity index is 984. The summed E-state index contributed by atoms with van der Waals surface area (Å²) in [5.74, 6) is 3.06. The molecule has 31 heavy (non-hydrogen) atoms. The first-order chi connectivity index (χ1) is 15.4. The number of para-hydroxylation sites is 1. The van der Waals surface area contributed by atoms with Crippen molar-refractivity contribution in [2.45, 2.75) is 37.6 Å². The predicted octanol–water partition coefficient (Wildman–Crippen LogP) is 5.71. The van der Waals surface area contributed by atoms with Crippen LogP contribution < -0.4 is 4.74 Å². The minimum Gasteiger partial charge on any atom is -0.493 e. The molecular weight excluding hydrogens is 378 g/mol. The molecule has 2 atom stereocenters. The molecule has 0 aliphatic carbocycles. The fraction of sp³-hybridized carbons (Fsp3) is 0.379. The highest BCUT2D eigenvalue weighted by Crippen LogP contribution is 2.47. The van der Waals surface area contributed by atoms with Crippen LogP contribution in [-0.4, -0.2) is 30.6 Å². The molecule has 3 saturated heterocycles. The van der Waals surface area contributed by atoms with Gasteiger partial charge in [-0.3, -0.25) is 4.90 Å². The second kappa shape index (κ2) is 8.16. The second-order valence-electron chi connectivity index (χ2n) is 9.53. The van der Waals surface area contributed by atoms with Crippen molar-refractivity contribution < 1.29 is 4.74 Å². The van der Waals surface area contributed by atoms with Crippen molar-refractivity contribution in [3.05, 3.63) is 101 Å². The van der Waals surface area contributed by atoms with Gasteiger partial charge in [-0.25, -0.2) is 0 Å². The zero-order chi connectivity index (χ0) is 20.6. The molecule has 3 aromatic carbocycles. The van der Waals surface area contributed by atoms with Gasteiger partial charge in [0.05, 0.1) is 6.61 Å². The van der Waals surface area contributed by atoms with Crippen LogP contribution in [0, 0.1) is 11.8 Å². The van der Waals surface area contributed by atoms with E-state index in [0.29, 0.717) is 17.9 Å². The summed E-state index contributed by atoms with van der Waals surface area (Å²) in [4.78, 5) is 2.80. The Kier molecular flexibility index (Phi) is 5.04. The number of hydrogen-bond donors (Lipinski definition) is 0. The molecule has 0 aromatic heterocycles. The Balaban J connectivity index is 1.42. The van der Waals surface area contributed by atoms with E-state index < -0.39 is 0 Å². The Morgan fingerprint density at radius 2 is 1.48 bits per heavy atom. The van der Waals surface area contributed by atoms with Gasteiger partial charge in [0.2, 0.25) is 0 Å². The van der Waals surface area contributed by atoms with Crippen molar-refractivity contribution in [3.63, 3.8) is 0 Å². The summed E-state index contributed by atoms with van der Waals surface area (Å²) < 4.78 is 6.10. The summed E-state index contributed by atoms with van der Waals surface area (Å²) in [6.07, 6.45) is 4.87. The van der Waals surface area contributed by atoms with E-state index in [0.717, 1.165) is 25.4 Å². The Morgan fingerprint density at radius 3 is 2.16 bits per heavy atom. The van der Waals surface area contributed by atoms with Crippen LogP contribution in [0.1, 0.15) is 41.0 Å². The largest absolute Gasteiger partial charge is 0.493 e. The molecule has 0 N–H and O–H groups in total. The average molecular weight is 410 g/mol. The summed E-state index contributed by atoms with van der Waals surface area (Å²) >= 11 is 0. The maximum Gasteiger partial charge on any atom is 0.125 e. The molecule has 2 bridgehead atoms. The Hall–Kier alpha value is -2.58. The van der Waals surface area contributed by atoms with Gasteiger partial charge in [0.25, 0.3) is 0 Å². The number of ether oxygens (including phenoxy) is 1. The summed E-state index contributed by atoms with van der Waals surface area (Å²) in [6, 6.07) is 29.8. The number of piperidine rings is 3. The van der Waals surface area contributed by atoms with Crippen LogP contribution in [-0.2, 0) is 12.8 Å². The molecular formula is C29H31NO.